The Morgan fingerprint density at radius 1 is 1.35 bits per heavy atom. The number of hydrogen-bond acceptors (Lipinski definition) is 2. The van der Waals surface area contributed by atoms with Crippen molar-refractivity contribution in [1.82, 2.24) is 10.2 Å². The van der Waals surface area contributed by atoms with E-state index >= 15 is 0 Å². The molecular weight excluding hydrogens is 216 g/mol. The maximum absolute atomic E-state index is 11.9. The minimum atomic E-state index is -0.121. The second-order valence-electron chi connectivity index (χ2n) is 5.13. The molecule has 2 aliphatic rings. The highest BCUT2D eigenvalue weighted by Gasteiger charge is 2.37. The molecule has 2 rings (SSSR count). The summed E-state index contributed by atoms with van der Waals surface area (Å²) < 4.78 is 0. The van der Waals surface area contributed by atoms with Crippen LogP contribution < -0.4 is 5.32 Å². The van der Waals surface area contributed by atoms with Gasteiger partial charge in [-0.25, -0.2) is 0 Å². The number of hydrogen-bond donors (Lipinski definition) is 1. The summed E-state index contributed by atoms with van der Waals surface area (Å²) in [6.45, 7) is 3.19. The maximum atomic E-state index is 11.9. The highest BCUT2D eigenvalue weighted by Crippen LogP contribution is 2.28. The number of nitrogens with zero attached hydrogens (tertiary/aromatic N) is 1. The van der Waals surface area contributed by atoms with Crippen LogP contribution in [0.3, 0.4) is 0 Å². The fourth-order valence-corrected chi connectivity index (χ4v) is 2.97. The van der Waals surface area contributed by atoms with Gasteiger partial charge in [0, 0.05) is 25.6 Å². The van der Waals surface area contributed by atoms with Crippen molar-refractivity contribution in [3.63, 3.8) is 0 Å². The molecule has 1 saturated heterocycles. The Balaban J connectivity index is 1.92. The molecule has 0 bridgehead atoms. The van der Waals surface area contributed by atoms with Gasteiger partial charge >= 0.3 is 0 Å². The van der Waals surface area contributed by atoms with E-state index < -0.39 is 0 Å². The zero-order valence-corrected chi connectivity index (χ0v) is 10.6. The summed E-state index contributed by atoms with van der Waals surface area (Å²) >= 11 is 0. The molecule has 4 heteroatoms. The van der Waals surface area contributed by atoms with Gasteiger partial charge in [0.15, 0.2) is 0 Å². The second-order valence-corrected chi connectivity index (χ2v) is 5.13. The van der Waals surface area contributed by atoms with Gasteiger partial charge in [0.05, 0.1) is 5.92 Å². The van der Waals surface area contributed by atoms with E-state index in [1.54, 1.807) is 0 Å². The Morgan fingerprint density at radius 3 is 2.71 bits per heavy atom. The molecule has 2 amide bonds. The van der Waals surface area contributed by atoms with Crippen molar-refractivity contribution in [1.29, 1.82) is 0 Å². The third-order valence-corrected chi connectivity index (χ3v) is 3.90. The zero-order valence-electron chi connectivity index (χ0n) is 10.6. The summed E-state index contributed by atoms with van der Waals surface area (Å²) in [6, 6.07) is 0.399. The van der Waals surface area contributed by atoms with Gasteiger partial charge in [-0.1, -0.05) is 19.3 Å². The van der Waals surface area contributed by atoms with Crippen LogP contribution in [-0.2, 0) is 9.59 Å². The van der Waals surface area contributed by atoms with Crippen molar-refractivity contribution in [3.05, 3.63) is 0 Å². The first-order valence-electron chi connectivity index (χ1n) is 6.79. The molecule has 1 aliphatic carbocycles. The summed E-state index contributed by atoms with van der Waals surface area (Å²) in [4.78, 5) is 25.6. The topological polar surface area (TPSA) is 49.4 Å². The molecule has 0 spiro atoms. The first kappa shape index (κ1) is 12.4. The van der Waals surface area contributed by atoms with Crippen LogP contribution in [0.5, 0.6) is 0 Å². The van der Waals surface area contributed by atoms with Crippen LogP contribution in [0.1, 0.15) is 45.4 Å². The highest BCUT2D eigenvalue weighted by molar-refractivity contribution is 5.89. The van der Waals surface area contributed by atoms with E-state index in [1.807, 2.05) is 11.8 Å². The molecule has 0 aromatic carbocycles. The monoisotopic (exact) mass is 238 g/mol. The number of carbonyl (C=O) groups is 2. The van der Waals surface area contributed by atoms with Gasteiger partial charge in [0.2, 0.25) is 11.8 Å². The highest BCUT2D eigenvalue weighted by atomic mass is 16.2. The van der Waals surface area contributed by atoms with E-state index in [0.717, 1.165) is 12.8 Å². The van der Waals surface area contributed by atoms with Crippen molar-refractivity contribution >= 4 is 11.8 Å². The van der Waals surface area contributed by atoms with Gasteiger partial charge in [-0.05, 0) is 19.8 Å². The lowest BCUT2D eigenvalue weighted by atomic mass is 9.94. The Morgan fingerprint density at radius 2 is 2.06 bits per heavy atom. The lowest BCUT2D eigenvalue weighted by molar-refractivity contribution is -0.130. The summed E-state index contributed by atoms with van der Waals surface area (Å²) in [5.74, 6) is 0.0942. The number of likely N-dealkylation sites (tertiary alicyclic amines) is 1. The Hall–Kier alpha value is -1.06. The molecule has 2 fully saturated rings. The Kier molecular flexibility index (Phi) is 4.02. The number of rotatable bonds is 3. The van der Waals surface area contributed by atoms with E-state index in [9.17, 15) is 9.59 Å². The number of amides is 2. The standard InChI is InChI=1S/C13H22N2O2/c1-2-14-13(17)10-8-12(16)15(9-10)11-6-4-3-5-7-11/h10-11H,2-9H2,1H3,(H,14,17)/t10-/m0/s1. The molecule has 4 nitrogen and oxygen atoms in total. The lowest BCUT2D eigenvalue weighted by Gasteiger charge is -2.31. The molecule has 1 atom stereocenters. The Labute approximate surface area is 103 Å². The number of carbonyl (C=O) groups excluding carboxylic acids is 2. The van der Waals surface area contributed by atoms with Gasteiger partial charge in [-0.2, -0.15) is 0 Å². The minimum Gasteiger partial charge on any atom is -0.356 e. The lowest BCUT2D eigenvalue weighted by Crippen LogP contribution is -2.39. The molecular formula is C13H22N2O2. The Bertz CT molecular complexity index is 298. The summed E-state index contributed by atoms with van der Waals surface area (Å²) in [6.07, 6.45) is 6.38. The molecule has 1 heterocycles. The van der Waals surface area contributed by atoms with Gasteiger partial charge < -0.3 is 10.2 Å². The van der Waals surface area contributed by atoms with Crippen molar-refractivity contribution in [3.8, 4) is 0 Å². The molecule has 1 N–H and O–H groups in total. The maximum Gasteiger partial charge on any atom is 0.225 e. The summed E-state index contributed by atoms with van der Waals surface area (Å²) in [7, 11) is 0. The van der Waals surface area contributed by atoms with Crippen LogP contribution in [-0.4, -0.2) is 35.8 Å². The van der Waals surface area contributed by atoms with Crippen LogP contribution in [0, 0.1) is 5.92 Å². The minimum absolute atomic E-state index is 0.0409. The van der Waals surface area contributed by atoms with Crippen molar-refractivity contribution < 1.29 is 9.59 Å². The van der Waals surface area contributed by atoms with E-state index in [2.05, 4.69) is 5.32 Å². The van der Waals surface area contributed by atoms with Crippen molar-refractivity contribution in [2.75, 3.05) is 13.1 Å². The molecule has 1 aliphatic heterocycles. The van der Waals surface area contributed by atoms with Crippen LogP contribution in [0.2, 0.25) is 0 Å². The number of nitrogens with one attached hydrogen (secondary N) is 1. The predicted octanol–water partition coefficient (Wildman–Crippen LogP) is 1.30. The smallest absolute Gasteiger partial charge is 0.225 e. The average Bonchev–Trinajstić information content (AvgIpc) is 2.73. The van der Waals surface area contributed by atoms with E-state index in [4.69, 9.17) is 0 Å². The van der Waals surface area contributed by atoms with Crippen molar-refractivity contribution in [2.24, 2.45) is 5.92 Å². The second kappa shape index (κ2) is 5.52. The first-order chi connectivity index (χ1) is 8.22. The third-order valence-electron chi connectivity index (χ3n) is 3.90. The van der Waals surface area contributed by atoms with Gasteiger partial charge in [0.1, 0.15) is 0 Å². The molecule has 1 saturated carbocycles. The quantitative estimate of drug-likeness (QED) is 0.805. The van der Waals surface area contributed by atoms with Crippen LogP contribution >= 0.6 is 0 Å². The summed E-state index contributed by atoms with van der Waals surface area (Å²) in [5, 5.41) is 2.81. The summed E-state index contributed by atoms with van der Waals surface area (Å²) in [5.41, 5.74) is 0. The van der Waals surface area contributed by atoms with E-state index in [0.29, 0.717) is 25.6 Å². The van der Waals surface area contributed by atoms with Crippen LogP contribution in [0.4, 0.5) is 0 Å². The normalized spacial score (nSPS) is 26.3. The van der Waals surface area contributed by atoms with Gasteiger partial charge in [0.25, 0.3) is 0 Å². The first-order valence-corrected chi connectivity index (χ1v) is 6.79. The van der Waals surface area contributed by atoms with E-state index in [-0.39, 0.29) is 17.7 Å². The molecule has 0 aromatic rings. The SMILES string of the molecule is CCNC(=O)[C@H]1CC(=O)N(C2CCCCC2)C1. The molecule has 0 radical (unpaired) electrons. The molecule has 96 valence electrons. The third kappa shape index (κ3) is 2.79. The molecule has 17 heavy (non-hydrogen) atoms. The zero-order chi connectivity index (χ0) is 12.3. The van der Waals surface area contributed by atoms with E-state index in [1.165, 1.54) is 19.3 Å². The molecule has 0 aromatic heterocycles. The van der Waals surface area contributed by atoms with Gasteiger partial charge in [-0.15, -0.1) is 0 Å². The molecule has 0 unspecified atom stereocenters. The predicted molar refractivity (Wildman–Crippen MR) is 65.4 cm³/mol. The van der Waals surface area contributed by atoms with Crippen LogP contribution in [0.25, 0.3) is 0 Å². The van der Waals surface area contributed by atoms with Crippen LogP contribution in [0.15, 0.2) is 0 Å². The van der Waals surface area contributed by atoms with Gasteiger partial charge in [-0.3, -0.25) is 9.59 Å². The van der Waals surface area contributed by atoms with Crippen molar-refractivity contribution in [2.45, 2.75) is 51.5 Å². The average molecular weight is 238 g/mol. The fourth-order valence-electron chi connectivity index (χ4n) is 2.97. The fraction of sp³-hybridized carbons (Fsp3) is 0.846. The largest absolute Gasteiger partial charge is 0.356 e.